The molecule has 2 rings (SSSR count). The van der Waals surface area contributed by atoms with Gasteiger partial charge in [0, 0.05) is 19.3 Å². The van der Waals surface area contributed by atoms with Gasteiger partial charge in [-0.25, -0.2) is 8.42 Å². The van der Waals surface area contributed by atoms with Crippen molar-refractivity contribution in [1.82, 2.24) is 4.90 Å². The molecule has 0 aliphatic rings. The summed E-state index contributed by atoms with van der Waals surface area (Å²) in [5.74, 6) is 0. The Hall–Kier alpha value is -1.69. The van der Waals surface area contributed by atoms with Crippen molar-refractivity contribution in [3.8, 4) is 0 Å². The van der Waals surface area contributed by atoms with Crippen LogP contribution >= 0.6 is 0 Å². The number of sulfone groups is 1. The molecule has 24 heavy (non-hydrogen) atoms. The lowest BCUT2D eigenvalue weighted by Gasteiger charge is -2.30. The van der Waals surface area contributed by atoms with Crippen LogP contribution in [0.25, 0.3) is 0 Å². The molecule has 0 amide bonds. The van der Waals surface area contributed by atoms with Crippen molar-refractivity contribution in [2.24, 2.45) is 0 Å². The largest absolute Gasteiger partial charge is 0.384 e. The van der Waals surface area contributed by atoms with Gasteiger partial charge in [0.1, 0.15) is 0 Å². The van der Waals surface area contributed by atoms with Crippen molar-refractivity contribution >= 4 is 9.84 Å². The van der Waals surface area contributed by atoms with E-state index in [0.29, 0.717) is 12.1 Å². The number of rotatable bonds is 6. The Morgan fingerprint density at radius 3 is 2.21 bits per heavy atom. The molecule has 0 heterocycles. The molecule has 0 fully saturated rings. The second kappa shape index (κ2) is 7.05. The molecule has 1 unspecified atom stereocenters. The highest BCUT2D eigenvalue weighted by Crippen LogP contribution is 2.24. The standard InChI is InChI=1S/C19H25NO3S/c1-15-7-5-6-8-16(15)13-20(3)14-19(2,21)17-9-11-18(12-10-17)24(4,22)23/h5-12,21H,13-14H2,1-4H3. The molecule has 0 saturated heterocycles. The third kappa shape index (κ3) is 4.66. The van der Waals surface area contributed by atoms with Crippen molar-refractivity contribution < 1.29 is 13.5 Å². The molecule has 1 N–H and O–H groups in total. The first-order chi connectivity index (χ1) is 11.1. The van der Waals surface area contributed by atoms with Crippen LogP contribution in [0.4, 0.5) is 0 Å². The van der Waals surface area contributed by atoms with Gasteiger partial charge >= 0.3 is 0 Å². The van der Waals surface area contributed by atoms with Crippen LogP contribution in [0.3, 0.4) is 0 Å². The fourth-order valence-electron chi connectivity index (χ4n) is 2.81. The number of aryl methyl sites for hydroxylation is 1. The number of hydrogen-bond acceptors (Lipinski definition) is 4. The van der Waals surface area contributed by atoms with Crippen LogP contribution in [0.5, 0.6) is 0 Å². The first-order valence-electron chi connectivity index (χ1n) is 7.85. The fraction of sp³-hybridized carbons (Fsp3) is 0.368. The van der Waals surface area contributed by atoms with Gasteiger partial charge in [-0.3, -0.25) is 4.90 Å². The van der Waals surface area contributed by atoms with Crippen LogP contribution in [0.2, 0.25) is 0 Å². The van der Waals surface area contributed by atoms with Crippen molar-refractivity contribution in [2.75, 3.05) is 19.8 Å². The van der Waals surface area contributed by atoms with E-state index in [9.17, 15) is 13.5 Å². The minimum absolute atomic E-state index is 0.260. The number of benzene rings is 2. The fourth-order valence-corrected chi connectivity index (χ4v) is 3.44. The molecule has 1 atom stereocenters. The third-order valence-electron chi connectivity index (χ3n) is 4.18. The van der Waals surface area contributed by atoms with Gasteiger partial charge in [-0.05, 0) is 49.7 Å². The summed E-state index contributed by atoms with van der Waals surface area (Å²) in [7, 11) is -1.26. The first-order valence-corrected chi connectivity index (χ1v) is 9.75. The normalized spacial score (nSPS) is 14.6. The van der Waals surface area contributed by atoms with E-state index in [1.165, 1.54) is 17.4 Å². The van der Waals surface area contributed by atoms with E-state index < -0.39 is 15.4 Å². The maximum atomic E-state index is 11.5. The molecular weight excluding hydrogens is 322 g/mol. The molecule has 130 valence electrons. The van der Waals surface area contributed by atoms with Crippen molar-refractivity contribution in [1.29, 1.82) is 0 Å². The molecule has 4 nitrogen and oxygen atoms in total. The zero-order valence-corrected chi connectivity index (χ0v) is 15.5. The first kappa shape index (κ1) is 18.6. The van der Waals surface area contributed by atoms with Gasteiger partial charge in [-0.15, -0.1) is 0 Å². The predicted molar refractivity (Wildman–Crippen MR) is 96.6 cm³/mol. The van der Waals surface area contributed by atoms with Gasteiger partial charge in [0.2, 0.25) is 0 Å². The van der Waals surface area contributed by atoms with Gasteiger partial charge in [-0.2, -0.15) is 0 Å². The molecule has 2 aromatic carbocycles. The highest BCUT2D eigenvalue weighted by molar-refractivity contribution is 7.90. The van der Waals surface area contributed by atoms with E-state index in [1.54, 1.807) is 31.2 Å². The smallest absolute Gasteiger partial charge is 0.175 e. The predicted octanol–water partition coefficient (Wildman–Crippen LogP) is 2.74. The Morgan fingerprint density at radius 1 is 1.08 bits per heavy atom. The number of aliphatic hydroxyl groups is 1. The van der Waals surface area contributed by atoms with Crippen LogP contribution in [-0.2, 0) is 22.0 Å². The molecule has 5 heteroatoms. The third-order valence-corrected chi connectivity index (χ3v) is 5.31. The summed E-state index contributed by atoms with van der Waals surface area (Å²) in [5, 5.41) is 10.8. The van der Waals surface area contributed by atoms with Crippen molar-refractivity contribution in [3.63, 3.8) is 0 Å². The Morgan fingerprint density at radius 2 is 1.67 bits per heavy atom. The van der Waals surface area contributed by atoms with Crippen LogP contribution in [0, 0.1) is 6.92 Å². The highest BCUT2D eigenvalue weighted by atomic mass is 32.2. The monoisotopic (exact) mass is 347 g/mol. The lowest BCUT2D eigenvalue weighted by atomic mass is 9.95. The number of nitrogens with zero attached hydrogens (tertiary/aromatic N) is 1. The minimum Gasteiger partial charge on any atom is -0.384 e. The summed E-state index contributed by atoms with van der Waals surface area (Å²) < 4.78 is 23.1. The van der Waals surface area contributed by atoms with Gasteiger partial charge < -0.3 is 5.11 Å². The summed E-state index contributed by atoms with van der Waals surface area (Å²) in [4.78, 5) is 2.32. The molecular formula is C19H25NO3S. The van der Waals surface area contributed by atoms with Crippen LogP contribution < -0.4 is 0 Å². The van der Waals surface area contributed by atoms with Gasteiger partial charge in [-0.1, -0.05) is 36.4 Å². The van der Waals surface area contributed by atoms with Crippen LogP contribution in [0.1, 0.15) is 23.6 Å². The molecule has 0 aliphatic carbocycles. The second-order valence-corrected chi connectivity index (χ2v) is 8.68. The zero-order chi connectivity index (χ0) is 18.0. The zero-order valence-electron chi connectivity index (χ0n) is 14.7. The molecule has 0 radical (unpaired) electrons. The maximum Gasteiger partial charge on any atom is 0.175 e. The molecule has 0 aromatic heterocycles. The van der Waals surface area contributed by atoms with Gasteiger partial charge in [0.05, 0.1) is 10.5 Å². The SMILES string of the molecule is Cc1ccccc1CN(C)CC(C)(O)c1ccc(S(C)(=O)=O)cc1. The average Bonchev–Trinajstić information content (AvgIpc) is 2.48. The minimum atomic E-state index is -3.23. The average molecular weight is 347 g/mol. The molecule has 0 aliphatic heterocycles. The Kier molecular flexibility index (Phi) is 5.48. The lowest BCUT2D eigenvalue weighted by molar-refractivity contribution is 0.0213. The molecule has 0 saturated carbocycles. The van der Waals surface area contributed by atoms with E-state index in [-0.39, 0.29) is 4.90 Å². The lowest BCUT2D eigenvalue weighted by Crippen LogP contribution is -2.36. The van der Waals surface area contributed by atoms with E-state index in [4.69, 9.17) is 0 Å². The Bertz CT molecular complexity index is 796. The summed E-state index contributed by atoms with van der Waals surface area (Å²) in [6.07, 6.45) is 1.18. The molecule has 2 aromatic rings. The Balaban J connectivity index is 2.11. The quantitative estimate of drug-likeness (QED) is 0.873. The summed E-state index contributed by atoms with van der Waals surface area (Å²) >= 11 is 0. The Labute approximate surface area is 144 Å². The van der Waals surface area contributed by atoms with Gasteiger partial charge in [0.25, 0.3) is 0 Å². The molecule has 0 bridgehead atoms. The summed E-state index contributed by atoms with van der Waals surface area (Å²) in [6, 6.07) is 14.6. The van der Waals surface area contributed by atoms with Crippen molar-refractivity contribution in [2.45, 2.75) is 30.9 Å². The number of hydrogen-bond donors (Lipinski definition) is 1. The highest BCUT2D eigenvalue weighted by Gasteiger charge is 2.25. The summed E-state index contributed by atoms with van der Waals surface area (Å²) in [5.41, 5.74) is 2.09. The van der Waals surface area contributed by atoms with Crippen LogP contribution in [0.15, 0.2) is 53.4 Å². The van der Waals surface area contributed by atoms with Crippen LogP contribution in [-0.4, -0.2) is 38.3 Å². The second-order valence-electron chi connectivity index (χ2n) is 6.67. The maximum absolute atomic E-state index is 11.5. The molecule has 0 spiro atoms. The van der Waals surface area contributed by atoms with E-state index in [0.717, 1.165) is 6.54 Å². The number of likely N-dealkylation sites (N-methyl/N-ethyl adjacent to an activating group) is 1. The summed E-state index contributed by atoms with van der Waals surface area (Å²) in [6.45, 7) is 5.01. The van der Waals surface area contributed by atoms with Crippen molar-refractivity contribution in [3.05, 3.63) is 65.2 Å². The van der Waals surface area contributed by atoms with Gasteiger partial charge in [0.15, 0.2) is 9.84 Å². The van der Waals surface area contributed by atoms with E-state index in [2.05, 4.69) is 24.0 Å². The van der Waals surface area contributed by atoms with E-state index >= 15 is 0 Å². The topological polar surface area (TPSA) is 57.6 Å². The van der Waals surface area contributed by atoms with E-state index in [1.807, 2.05) is 19.2 Å².